The summed E-state index contributed by atoms with van der Waals surface area (Å²) in [6, 6.07) is 24.8. The van der Waals surface area contributed by atoms with Crippen molar-refractivity contribution < 1.29 is 14.7 Å². The fourth-order valence-electron chi connectivity index (χ4n) is 5.85. The second kappa shape index (κ2) is 8.50. The first-order chi connectivity index (χ1) is 17.4. The van der Waals surface area contributed by atoms with Gasteiger partial charge in [0.25, 0.3) is 5.91 Å². The Morgan fingerprint density at radius 3 is 2.50 bits per heavy atom. The molecule has 0 saturated carbocycles. The molecule has 2 amide bonds. The number of β-amino-alcohol motifs (C(OH)–C–C–N with tert-alkyl or cyclic N) is 1. The number of amides is 2. The van der Waals surface area contributed by atoms with Crippen molar-refractivity contribution in [1.29, 1.82) is 0 Å². The monoisotopic (exact) mass is 499 g/mol. The molecule has 0 bridgehead atoms. The van der Waals surface area contributed by atoms with E-state index < -0.39 is 11.6 Å². The fourth-order valence-corrected chi connectivity index (χ4v) is 6.12. The van der Waals surface area contributed by atoms with Crippen LogP contribution in [0, 0.1) is 0 Å². The van der Waals surface area contributed by atoms with E-state index in [2.05, 4.69) is 4.98 Å². The molecule has 4 aromatic rings. The number of aliphatic hydroxyl groups excluding tert-OH is 1. The Morgan fingerprint density at radius 2 is 1.72 bits per heavy atom. The Balaban J connectivity index is 1.48. The smallest absolute Gasteiger partial charge is 0.255 e. The molecule has 1 aromatic heterocycles. The first kappa shape index (κ1) is 22.8. The van der Waals surface area contributed by atoms with Crippen molar-refractivity contribution in [2.75, 3.05) is 19.6 Å². The zero-order valence-electron chi connectivity index (χ0n) is 19.8. The van der Waals surface area contributed by atoms with Gasteiger partial charge in [0.15, 0.2) is 5.54 Å². The molecule has 2 aliphatic heterocycles. The Kier molecular flexibility index (Phi) is 5.39. The highest BCUT2D eigenvalue weighted by molar-refractivity contribution is 6.31. The topological polar surface area (TPSA) is 76.6 Å². The van der Waals surface area contributed by atoms with Crippen LogP contribution in [0.5, 0.6) is 0 Å². The molecule has 1 saturated heterocycles. The number of aromatic amines is 1. The summed E-state index contributed by atoms with van der Waals surface area (Å²) < 4.78 is 0. The number of rotatable bonds is 4. The summed E-state index contributed by atoms with van der Waals surface area (Å²) in [5, 5.41) is 12.5. The number of nitrogens with zero attached hydrogens (tertiary/aromatic N) is 2. The second-order valence-corrected chi connectivity index (χ2v) is 10.1. The van der Waals surface area contributed by atoms with Gasteiger partial charge in [-0.05, 0) is 35.7 Å². The summed E-state index contributed by atoms with van der Waals surface area (Å²) in [6.45, 7) is 2.12. The van der Waals surface area contributed by atoms with Crippen LogP contribution in [0.4, 0.5) is 0 Å². The molecule has 0 radical (unpaired) electrons. The Morgan fingerprint density at radius 1 is 1.03 bits per heavy atom. The van der Waals surface area contributed by atoms with Crippen LogP contribution in [0.25, 0.3) is 10.9 Å². The van der Waals surface area contributed by atoms with Gasteiger partial charge in [0, 0.05) is 28.4 Å². The second-order valence-electron chi connectivity index (χ2n) is 9.72. The van der Waals surface area contributed by atoms with Crippen molar-refractivity contribution in [3.05, 3.63) is 106 Å². The summed E-state index contributed by atoms with van der Waals surface area (Å²) >= 11 is 6.64. The largest absolute Gasteiger partial charge is 0.387 e. The highest BCUT2D eigenvalue weighted by Gasteiger charge is 2.56. The number of benzene rings is 3. The van der Waals surface area contributed by atoms with Gasteiger partial charge in [-0.15, -0.1) is 0 Å². The fraction of sp³-hybridized carbons (Fsp3) is 0.241. The maximum Gasteiger partial charge on any atom is 0.255 e. The van der Waals surface area contributed by atoms with Crippen LogP contribution >= 0.6 is 11.6 Å². The van der Waals surface area contributed by atoms with Crippen molar-refractivity contribution in [3.8, 4) is 0 Å². The summed E-state index contributed by atoms with van der Waals surface area (Å²) in [4.78, 5) is 34.4. The number of H-pyrrole nitrogens is 1. The molecule has 3 heterocycles. The predicted molar refractivity (Wildman–Crippen MR) is 139 cm³/mol. The zero-order valence-corrected chi connectivity index (χ0v) is 20.6. The number of carbonyl (C=O) groups is 2. The third kappa shape index (κ3) is 3.36. The lowest BCUT2D eigenvalue weighted by Crippen LogP contribution is -2.67. The van der Waals surface area contributed by atoms with Crippen molar-refractivity contribution in [3.63, 3.8) is 0 Å². The van der Waals surface area contributed by atoms with E-state index >= 15 is 0 Å². The molecule has 6 rings (SSSR count). The summed E-state index contributed by atoms with van der Waals surface area (Å²) in [7, 11) is 0. The maximum atomic E-state index is 14.1. The van der Waals surface area contributed by atoms with Gasteiger partial charge in [-0.3, -0.25) is 9.59 Å². The Bertz CT molecular complexity index is 1480. The lowest BCUT2D eigenvalue weighted by molar-refractivity contribution is -0.167. The number of aliphatic hydroxyl groups is 1. The average Bonchev–Trinajstić information content (AvgIpc) is 3.29. The summed E-state index contributed by atoms with van der Waals surface area (Å²) in [5.41, 5.74) is 3.01. The molecule has 3 unspecified atom stereocenters. The molecule has 2 N–H and O–H groups in total. The van der Waals surface area contributed by atoms with Gasteiger partial charge in [0.1, 0.15) is 0 Å². The van der Waals surface area contributed by atoms with Crippen molar-refractivity contribution in [2.24, 2.45) is 0 Å². The average molecular weight is 500 g/mol. The van der Waals surface area contributed by atoms with Gasteiger partial charge >= 0.3 is 0 Å². The van der Waals surface area contributed by atoms with Gasteiger partial charge in [-0.25, -0.2) is 0 Å². The highest BCUT2D eigenvalue weighted by Crippen LogP contribution is 2.49. The number of carbonyl (C=O) groups excluding carboxylic acids is 2. The van der Waals surface area contributed by atoms with Crippen LogP contribution in [0.3, 0.4) is 0 Å². The van der Waals surface area contributed by atoms with Crippen molar-refractivity contribution >= 4 is 34.3 Å². The molecule has 3 aromatic carbocycles. The van der Waals surface area contributed by atoms with Crippen LogP contribution < -0.4 is 0 Å². The Hall–Kier alpha value is -3.61. The molecule has 6 nitrogen and oxygen atoms in total. The molecule has 1 fully saturated rings. The van der Waals surface area contributed by atoms with E-state index in [1.165, 1.54) is 4.90 Å². The van der Waals surface area contributed by atoms with E-state index in [-0.39, 0.29) is 30.8 Å². The predicted octanol–water partition coefficient (Wildman–Crippen LogP) is 4.59. The van der Waals surface area contributed by atoms with E-state index in [0.717, 1.165) is 22.0 Å². The summed E-state index contributed by atoms with van der Waals surface area (Å²) in [6.07, 6.45) is -0.889. The third-order valence-corrected chi connectivity index (χ3v) is 8.02. The normalized spacial score (nSPS) is 22.5. The van der Waals surface area contributed by atoms with Crippen molar-refractivity contribution in [1.82, 2.24) is 14.8 Å². The quantitative estimate of drug-likeness (QED) is 0.431. The first-order valence-electron chi connectivity index (χ1n) is 12.1. The van der Waals surface area contributed by atoms with Gasteiger partial charge in [0.05, 0.1) is 24.9 Å². The van der Waals surface area contributed by atoms with Gasteiger partial charge in [-0.1, -0.05) is 78.3 Å². The first-order valence-corrected chi connectivity index (χ1v) is 12.5. The number of aromatic nitrogens is 1. The SMILES string of the molecule is CC12C(=O)N(CC(O)c3ccccc3)CC(=O)N1CC(c1ccccc1Cl)c1c2[nH]c2ccccc12. The maximum absolute atomic E-state index is 14.1. The van der Waals surface area contributed by atoms with E-state index in [0.29, 0.717) is 22.8 Å². The lowest BCUT2D eigenvalue weighted by atomic mass is 9.76. The van der Waals surface area contributed by atoms with Crippen LogP contribution in [-0.2, 0) is 15.1 Å². The molecule has 0 aliphatic carbocycles. The molecule has 182 valence electrons. The number of nitrogens with one attached hydrogen (secondary N) is 1. The number of fused-ring (bicyclic) bond motifs is 5. The van der Waals surface area contributed by atoms with E-state index in [4.69, 9.17) is 11.6 Å². The standard InChI is InChI=1S/C29H26ClN3O3/c1-29-27-26(20-12-6-8-14-23(20)31-27)21(19-11-5-7-13-22(19)30)15-33(29)25(35)17-32(28(29)36)16-24(34)18-9-3-2-4-10-18/h2-14,21,24,31,34H,15-17H2,1H3. The molecule has 3 atom stereocenters. The minimum atomic E-state index is -1.22. The molecule has 0 spiro atoms. The molecule has 2 aliphatic rings. The van der Waals surface area contributed by atoms with E-state index in [1.807, 2.05) is 85.8 Å². The highest BCUT2D eigenvalue weighted by atomic mass is 35.5. The lowest BCUT2D eigenvalue weighted by Gasteiger charge is -2.51. The number of piperazine rings is 1. The van der Waals surface area contributed by atoms with Gasteiger partial charge in [0.2, 0.25) is 5.91 Å². The van der Waals surface area contributed by atoms with Crippen LogP contribution in [-0.4, -0.2) is 51.3 Å². The molecule has 7 heteroatoms. The zero-order chi connectivity index (χ0) is 25.0. The molecule has 36 heavy (non-hydrogen) atoms. The molecular weight excluding hydrogens is 474 g/mol. The third-order valence-electron chi connectivity index (χ3n) is 7.68. The van der Waals surface area contributed by atoms with Crippen LogP contribution in [0.1, 0.15) is 41.3 Å². The van der Waals surface area contributed by atoms with Crippen molar-refractivity contribution in [2.45, 2.75) is 24.5 Å². The number of hydrogen-bond acceptors (Lipinski definition) is 3. The van der Waals surface area contributed by atoms with Crippen LogP contribution in [0.15, 0.2) is 78.9 Å². The minimum Gasteiger partial charge on any atom is -0.387 e. The minimum absolute atomic E-state index is 0.0432. The molecular formula is C29H26ClN3O3. The number of para-hydroxylation sites is 1. The van der Waals surface area contributed by atoms with Gasteiger partial charge < -0.3 is 19.9 Å². The van der Waals surface area contributed by atoms with E-state index in [9.17, 15) is 14.7 Å². The van der Waals surface area contributed by atoms with Crippen LogP contribution in [0.2, 0.25) is 5.02 Å². The Labute approximate surface area is 214 Å². The van der Waals surface area contributed by atoms with Gasteiger partial charge in [-0.2, -0.15) is 0 Å². The van der Waals surface area contributed by atoms with E-state index in [1.54, 1.807) is 4.90 Å². The summed E-state index contributed by atoms with van der Waals surface area (Å²) in [5.74, 6) is -0.544. The number of halogens is 1. The number of hydrogen-bond donors (Lipinski definition) is 2.